The minimum Gasteiger partial charge on any atom is -0.341 e. The van der Waals surface area contributed by atoms with Gasteiger partial charge in [-0.2, -0.15) is 0 Å². The predicted molar refractivity (Wildman–Crippen MR) is 80.9 cm³/mol. The number of rotatable bonds is 2. The molecule has 1 saturated heterocycles. The predicted octanol–water partition coefficient (Wildman–Crippen LogP) is 1.79. The van der Waals surface area contributed by atoms with Gasteiger partial charge in [-0.1, -0.05) is 6.92 Å². The van der Waals surface area contributed by atoms with E-state index in [0.717, 1.165) is 25.9 Å². The summed E-state index contributed by atoms with van der Waals surface area (Å²) in [5, 5.41) is 0.323. The monoisotopic (exact) mass is 303 g/mol. The summed E-state index contributed by atoms with van der Waals surface area (Å²) in [4.78, 5) is 30.5. The first-order valence-corrected chi connectivity index (χ1v) is 7.47. The Morgan fingerprint density at radius 3 is 2.82 bits per heavy atom. The molecule has 0 radical (unpaired) electrons. The summed E-state index contributed by atoms with van der Waals surface area (Å²) in [6, 6.07) is 3.85. The van der Waals surface area contributed by atoms with Crippen molar-refractivity contribution in [2.75, 3.05) is 13.1 Å². The van der Waals surface area contributed by atoms with Crippen molar-refractivity contribution in [3.05, 3.63) is 40.7 Å². The molecular weight excluding hydrogens is 285 g/mol. The van der Waals surface area contributed by atoms with E-state index in [1.54, 1.807) is 4.90 Å². The van der Waals surface area contributed by atoms with Crippen molar-refractivity contribution in [1.29, 1.82) is 0 Å². The van der Waals surface area contributed by atoms with Crippen molar-refractivity contribution in [1.82, 2.24) is 14.5 Å². The summed E-state index contributed by atoms with van der Waals surface area (Å²) in [5.41, 5.74) is -0.00998. The van der Waals surface area contributed by atoms with E-state index in [-0.39, 0.29) is 18.0 Å². The molecule has 1 amide bonds. The fourth-order valence-electron chi connectivity index (χ4n) is 2.75. The van der Waals surface area contributed by atoms with E-state index >= 15 is 0 Å². The molecule has 0 aliphatic carbocycles. The molecule has 0 saturated carbocycles. The standard InChI is InChI=1S/C16H18FN3O2/c1-11-4-6-19(7-5-11)15(21)9-20-10-18-14-8-12(17)2-3-13(14)16(20)22/h2-3,8,10-11H,4-7,9H2,1H3. The zero-order valence-electron chi connectivity index (χ0n) is 12.5. The summed E-state index contributed by atoms with van der Waals surface area (Å²) < 4.78 is 14.4. The number of piperidine rings is 1. The average Bonchev–Trinajstić information content (AvgIpc) is 2.50. The lowest BCUT2D eigenvalue weighted by Crippen LogP contribution is -2.41. The van der Waals surface area contributed by atoms with Crippen LogP contribution in [0.25, 0.3) is 10.9 Å². The quantitative estimate of drug-likeness (QED) is 0.850. The van der Waals surface area contributed by atoms with Crippen LogP contribution in [-0.4, -0.2) is 33.4 Å². The molecule has 2 heterocycles. The van der Waals surface area contributed by atoms with Crippen LogP contribution in [0.15, 0.2) is 29.3 Å². The molecule has 1 aromatic carbocycles. The largest absolute Gasteiger partial charge is 0.341 e. The van der Waals surface area contributed by atoms with Crippen molar-refractivity contribution in [2.45, 2.75) is 26.3 Å². The third-order valence-electron chi connectivity index (χ3n) is 4.23. The molecule has 1 fully saturated rings. The van der Waals surface area contributed by atoms with Gasteiger partial charge >= 0.3 is 0 Å². The number of amides is 1. The Bertz CT molecular complexity index is 764. The van der Waals surface area contributed by atoms with Crippen molar-refractivity contribution in [2.24, 2.45) is 5.92 Å². The maximum absolute atomic E-state index is 13.1. The zero-order valence-corrected chi connectivity index (χ0v) is 12.5. The molecular formula is C16H18FN3O2. The van der Waals surface area contributed by atoms with Gasteiger partial charge < -0.3 is 4.90 Å². The minimum atomic E-state index is -0.435. The number of hydrogen-bond acceptors (Lipinski definition) is 3. The summed E-state index contributed by atoms with van der Waals surface area (Å²) in [7, 11) is 0. The lowest BCUT2D eigenvalue weighted by Gasteiger charge is -2.30. The summed E-state index contributed by atoms with van der Waals surface area (Å²) in [6.45, 7) is 3.63. The van der Waals surface area contributed by atoms with Gasteiger partial charge in [-0.25, -0.2) is 9.37 Å². The number of likely N-dealkylation sites (tertiary alicyclic amines) is 1. The lowest BCUT2D eigenvalue weighted by atomic mass is 9.99. The summed E-state index contributed by atoms with van der Waals surface area (Å²) in [6.07, 6.45) is 3.31. The molecule has 5 nitrogen and oxygen atoms in total. The molecule has 0 bridgehead atoms. The molecule has 2 aromatic rings. The lowest BCUT2D eigenvalue weighted by molar-refractivity contribution is -0.133. The Kier molecular flexibility index (Phi) is 3.92. The van der Waals surface area contributed by atoms with Crippen molar-refractivity contribution < 1.29 is 9.18 Å². The number of halogens is 1. The van der Waals surface area contributed by atoms with Gasteiger partial charge in [-0.3, -0.25) is 14.2 Å². The number of benzene rings is 1. The van der Waals surface area contributed by atoms with Crippen LogP contribution in [0.5, 0.6) is 0 Å². The smallest absolute Gasteiger partial charge is 0.261 e. The molecule has 116 valence electrons. The molecule has 1 aromatic heterocycles. The highest BCUT2D eigenvalue weighted by molar-refractivity contribution is 5.79. The van der Waals surface area contributed by atoms with Crippen molar-refractivity contribution in [3.8, 4) is 0 Å². The Hall–Kier alpha value is -2.24. The number of carbonyl (C=O) groups excluding carboxylic acids is 1. The topological polar surface area (TPSA) is 55.2 Å². The van der Waals surface area contributed by atoms with Crippen LogP contribution in [0.3, 0.4) is 0 Å². The first kappa shape index (κ1) is 14.7. The van der Waals surface area contributed by atoms with E-state index in [2.05, 4.69) is 11.9 Å². The third kappa shape index (κ3) is 2.86. The van der Waals surface area contributed by atoms with Gasteiger partial charge in [0, 0.05) is 19.2 Å². The molecule has 22 heavy (non-hydrogen) atoms. The normalized spacial score (nSPS) is 16.2. The molecule has 0 spiro atoms. The molecule has 3 rings (SSSR count). The number of aromatic nitrogens is 2. The molecule has 1 aliphatic heterocycles. The Morgan fingerprint density at radius 2 is 2.09 bits per heavy atom. The van der Waals surface area contributed by atoms with E-state index < -0.39 is 5.82 Å². The Balaban J connectivity index is 1.82. The maximum Gasteiger partial charge on any atom is 0.261 e. The number of carbonyl (C=O) groups is 1. The van der Waals surface area contributed by atoms with E-state index in [1.165, 1.54) is 29.1 Å². The molecule has 6 heteroatoms. The van der Waals surface area contributed by atoms with Crippen LogP contribution in [0.1, 0.15) is 19.8 Å². The van der Waals surface area contributed by atoms with Crippen molar-refractivity contribution >= 4 is 16.8 Å². The molecule has 0 atom stereocenters. The van der Waals surface area contributed by atoms with Crippen LogP contribution in [-0.2, 0) is 11.3 Å². The van der Waals surface area contributed by atoms with Crippen LogP contribution in [0.4, 0.5) is 4.39 Å². The van der Waals surface area contributed by atoms with Gasteiger partial charge in [0.1, 0.15) is 12.4 Å². The number of nitrogens with zero attached hydrogens (tertiary/aromatic N) is 3. The van der Waals surface area contributed by atoms with E-state index in [4.69, 9.17) is 0 Å². The fourth-order valence-corrected chi connectivity index (χ4v) is 2.75. The summed E-state index contributed by atoms with van der Waals surface area (Å²) in [5.74, 6) is 0.136. The second-order valence-electron chi connectivity index (χ2n) is 5.90. The second-order valence-corrected chi connectivity index (χ2v) is 5.90. The Morgan fingerprint density at radius 1 is 1.36 bits per heavy atom. The first-order chi connectivity index (χ1) is 10.5. The van der Waals surface area contributed by atoms with Crippen LogP contribution < -0.4 is 5.56 Å². The van der Waals surface area contributed by atoms with Gasteiger partial charge in [0.15, 0.2) is 0 Å². The molecule has 0 unspecified atom stereocenters. The van der Waals surface area contributed by atoms with Gasteiger partial charge in [-0.05, 0) is 30.9 Å². The highest BCUT2D eigenvalue weighted by Crippen LogP contribution is 2.16. The van der Waals surface area contributed by atoms with Gasteiger partial charge in [0.05, 0.1) is 17.2 Å². The van der Waals surface area contributed by atoms with E-state index in [0.29, 0.717) is 16.8 Å². The fraction of sp³-hybridized carbons (Fsp3) is 0.438. The highest BCUT2D eigenvalue weighted by Gasteiger charge is 2.20. The Labute approximate surface area is 127 Å². The SMILES string of the molecule is CC1CCN(C(=O)Cn2cnc3cc(F)ccc3c2=O)CC1. The zero-order chi connectivity index (χ0) is 15.7. The summed E-state index contributed by atoms with van der Waals surface area (Å²) >= 11 is 0. The minimum absolute atomic E-state index is 0.0203. The molecule has 0 N–H and O–H groups in total. The second kappa shape index (κ2) is 5.87. The maximum atomic E-state index is 13.1. The van der Waals surface area contributed by atoms with Crippen LogP contribution in [0.2, 0.25) is 0 Å². The van der Waals surface area contributed by atoms with E-state index in [1.807, 2.05) is 0 Å². The van der Waals surface area contributed by atoms with Gasteiger partial charge in [0.2, 0.25) is 5.91 Å². The first-order valence-electron chi connectivity index (χ1n) is 7.47. The van der Waals surface area contributed by atoms with Gasteiger partial charge in [0.25, 0.3) is 5.56 Å². The average molecular weight is 303 g/mol. The highest BCUT2D eigenvalue weighted by atomic mass is 19.1. The van der Waals surface area contributed by atoms with Crippen LogP contribution in [0, 0.1) is 11.7 Å². The third-order valence-corrected chi connectivity index (χ3v) is 4.23. The number of fused-ring (bicyclic) bond motifs is 1. The molecule has 1 aliphatic rings. The van der Waals surface area contributed by atoms with E-state index in [9.17, 15) is 14.0 Å². The number of hydrogen-bond donors (Lipinski definition) is 0. The van der Waals surface area contributed by atoms with Crippen molar-refractivity contribution in [3.63, 3.8) is 0 Å². The van der Waals surface area contributed by atoms with Crippen LogP contribution >= 0.6 is 0 Å². The van der Waals surface area contributed by atoms with Gasteiger partial charge in [-0.15, -0.1) is 0 Å².